The Morgan fingerprint density at radius 1 is 0.399 bits per heavy atom. The fourth-order valence-electron chi connectivity index (χ4n) is 17.6. The molecule has 0 spiro atoms. The van der Waals surface area contributed by atoms with E-state index in [-0.39, 0.29) is 168 Å². The molecule has 0 unspecified atom stereocenters. The molecule has 3 aromatic carbocycles. The molecule has 3 saturated heterocycles. The van der Waals surface area contributed by atoms with Crippen LogP contribution in [0.3, 0.4) is 0 Å². The topological polar surface area (TPSA) is 363 Å². The first-order valence-corrected chi connectivity index (χ1v) is 47.1. The zero-order valence-electron chi connectivity index (χ0n) is 75.8. The van der Waals surface area contributed by atoms with Crippen LogP contribution >= 0.6 is 139 Å². The summed E-state index contributed by atoms with van der Waals surface area (Å²) in [5.74, 6) is -4.02. The Morgan fingerprint density at radius 2 is 0.630 bits per heavy atom. The van der Waals surface area contributed by atoms with Crippen LogP contribution in [0, 0.1) is 72.2 Å². The zero-order chi connectivity index (χ0) is 101. The van der Waals surface area contributed by atoms with Gasteiger partial charge in [-0.1, -0.05) is 200 Å². The third kappa shape index (κ3) is 18.3. The average molecular weight is 2110 g/mol. The first kappa shape index (κ1) is 104. The molecule has 15 rings (SSSR count). The summed E-state index contributed by atoms with van der Waals surface area (Å²) in [5.41, 5.74) is 22.0. The van der Waals surface area contributed by atoms with Crippen molar-refractivity contribution in [3.05, 3.63) is 252 Å². The average Bonchev–Trinajstić information content (AvgIpc) is 0.726. The van der Waals surface area contributed by atoms with E-state index < -0.39 is 64.3 Å². The number of halogens is 15. The molecule has 0 saturated carbocycles. The summed E-state index contributed by atoms with van der Waals surface area (Å²) in [5, 5.41) is 29.0. The third-order valence-electron chi connectivity index (χ3n) is 24.2. The molecule has 6 N–H and O–H groups in total. The van der Waals surface area contributed by atoms with E-state index in [1.54, 1.807) is 69.7 Å². The van der Waals surface area contributed by atoms with Crippen molar-refractivity contribution in [2.24, 2.45) is 0 Å². The molecule has 0 bridgehead atoms. The van der Waals surface area contributed by atoms with Crippen molar-refractivity contribution in [3.8, 4) is 69.0 Å². The van der Waals surface area contributed by atoms with Crippen molar-refractivity contribution in [1.82, 2.24) is 58.3 Å². The number of hydrogen-bond acceptors (Lipinski definition) is 21. The Kier molecular flexibility index (Phi) is 31.1. The van der Waals surface area contributed by atoms with Crippen molar-refractivity contribution in [1.29, 1.82) is 15.8 Å². The van der Waals surface area contributed by atoms with Crippen LogP contribution in [0.5, 0.6) is 0 Å². The number of aryl methyl sites for hydroxylation is 3. The SMILES string of the molecule is C=CC(=O)N1CCN(c2c(C#N)c(=O)n(-c3c(C)ccnc3C(C)C)c3nc(-c4c(N)c(Cl)c(F)c(Cl)c4Cl)c(Cl)cc23)C[C@H]1C.C=CC(=O)N1CCN(c2c(C#N)c(=O)n(-c3c(C)ccnc3C(C)C)c3nc(-c4c(N)c(Cl)c(F)c(Cl)c4Cl)c(Cl)cc23)C[C@H]1C.C=CC(=O)N1CCN(c2c(C#N)c(=O)n(-c3c(C)ccnc3C(C)C)c3nc(-c4c(N)c(Cl)c(F)c(Cl)c4Cl)c(Cl)cc23)C[C@H]1C. The molecule has 12 heterocycles. The molecule has 0 radical (unpaired) electrons. The highest BCUT2D eigenvalue weighted by Gasteiger charge is 2.40. The molecule has 3 aliphatic rings. The van der Waals surface area contributed by atoms with E-state index in [9.17, 15) is 57.7 Å². The van der Waals surface area contributed by atoms with Gasteiger partial charge >= 0.3 is 0 Å². The summed E-state index contributed by atoms with van der Waals surface area (Å²) < 4.78 is 48.1. The van der Waals surface area contributed by atoms with Gasteiger partial charge in [0.15, 0.2) is 17.5 Å². The number of anilines is 6. The monoisotopic (exact) mass is 2100 g/mol. The van der Waals surface area contributed by atoms with Crippen molar-refractivity contribution < 1.29 is 27.6 Å². The van der Waals surface area contributed by atoms with Crippen molar-refractivity contribution >= 4 is 224 Å². The van der Waals surface area contributed by atoms with Gasteiger partial charge in [0, 0.05) is 128 Å². The van der Waals surface area contributed by atoms with Gasteiger partial charge in [0.05, 0.1) is 131 Å². The van der Waals surface area contributed by atoms with Crippen molar-refractivity contribution in [2.45, 2.75) is 119 Å². The number of aromatic nitrogens is 9. The minimum absolute atomic E-state index is 0.00770. The standard InChI is InChI=1S/3C32H28Cl4FN7O2/c3*1-6-20(45)43-10-9-42(13-16(43)5)30-17-11-19(33)28(21-22(34)23(35)25(37)24(36)26(21)39)41-31(17)44(32(46)18(30)12-38)29-15(4)7-8-40-27(29)14(2)3/h3*6-8,11,14,16H,1,9-10,13,39H2,2-5H3/t3*16-/m111/s1. The van der Waals surface area contributed by atoms with Crippen LogP contribution in [-0.2, 0) is 14.4 Å². The van der Waals surface area contributed by atoms with Gasteiger partial charge in [-0.2, -0.15) is 15.8 Å². The van der Waals surface area contributed by atoms with E-state index in [2.05, 4.69) is 52.9 Å². The molecule has 42 heteroatoms. The van der Waals surface area contributed by atoms with Gasteiger partial charge < -0.3 is 46.6 Å². The molecule has 3 atom stereocenters. The number of carbonyl (C=O) groups excluding carboxylic acids is 3. The van der Waals surface area contributed by atoms with Gasteiger partial charge in [-0.25, -0.2) is 28.1 Å². The van der Waals surface area contributed by atoms with Crippen molar-refractivity contribution in [2.75, 3.05) is 90.8 Å². The summed E-state index contributed by atoms with van der Waals surface area (Å²) in [4.78, 5) is 120. The first-order chi connectivity index (χ1) is 65.2. The van der Waals surface area contributed by atoms with Crippen molar-refractivity contribution in [3.63, 3.8) is 0 Å². The number of nitrogens with zero attached hydrogens (tertiary/aromatic N) is 18. The molecule has 12 aromatic rings. The quantitative estimate of drug-likeness (QED) is 0.0371. The summed E-state index contributed by atoms with van der Waals surface area (Å²) in [6.45, 7) is 36.2. The second kappa shape index (κ2) is 41.4. The lowest BCUT2D eigenvalue weighted by molar-refractivity contribution is -0.129. The molecule has 9 aromatic heterocycles. The number of benzene rings is 3. The number of fused-ring (bicyclic) bond motifs is 3. The molecule has 3 amide bonds. The van der Waals surface area contributed by atoms with E-state index in [0.29, 0.717) is 143 Å². The number of carbonyl (C=O) groups is 3. The fraction of sp³-hybridized carbons (Fsp3) is 0.281. The summed E-state index contributed by atoms with van der Waals surface area (Å²) >= 11 is 77.2. The minimum atomic E-state index is -1.000. The maximum absolute atomic E-state index is 14.7. The van der Waals surface area contributed by atoms with Gasteiger partial charge in [0.25, 0.3) is 16.7 Å². The van der Waals surface area contributed by atoms with E-state index in [0.717, 1.165) is 0 Å². The third-order valence-corrected chi connectivity index (χ3v) is 28.6. The Labute approximate surface area is 850 Å². The molecule has 0 aliphatic carbocycles. The molecule has 138 heavy (non-hydrogen) atoms. The lowest BCUT2D eigenvalue weighted by Crippen LogP contribution is -2.54. The van der Waals surface area contributed by atoms with Gasteiger partial charge in [0.1, 0.15) is 66.9 Å². The van der Waals surface area contributed by atoms with E-state index in [1.165, 1.54) is 31.9 Å². The first-order valence-electron chi connectivity index (χ1n) is 42.6. The predicted molar refractivity (Wildman–Crippen MR) is 546 cm³/mol. The molecule has 27 nitrogen and oxygen atoms in total. The van der Waals surface area contributed by atoms with Crippen LogP contribution in [0.4, 0.5) is 47.3 Å². The smallest absolute Gasteiger partial charge is 0.276 e. The molecule has 3 fully saturated rings. The van der Waals surface area contributed by atoms with Crippen LogP contribution < -0.4 is 48.6 Å². The Balaban J connectivity index is 0.000000175. The van der Waals surface area contributed by atoms with Crippen LogP contribution in [-0.4, -0.2) is 153 Å². The number of nitrogens with two attached hydrogens (primary N) is 3. The predicted octanol–water partition coefficient (Wildman–Crippen LogP) is 21.9. The molecule has 714 valence electrons. The number of nitriles is 3. The van der Waals surface area contributed by atoms with Crippen LogP contribution in [0.1, 0.15) is 131 Å². The highest BCUT2D eigenvalue weighted by atomic mass is 35.5. The van der Waals surface area contributed by atoms with E-state index >= 15 is 0 Å². The lowest BCUT2D eigenvalue weighted by Gasteiger charge is -2.41. The Bertz CT molecular complexity index is 6780. The second-order valence-corrected chi connectivity index (χ2v) is 38.4. The van der Waals surface area contributed by atoms with Crippen LogP contribution in [0.15, 0.2) is 107 Å². The number of rotatable bonds is 15. The van der Waals surface area contributed by atoms with Crippen LogP contribution in [0.2, 0.25) is 60.3 Å². The Morgan fingerprint density at radius 3 is 0.833 bits per heavy atom. The molecular formula is C96H84Cl12F3N21O6. The van der Waals surface area contributed by atoms with Gasteiger partial charge in [0.2, 0.25) is 17.7 Å². The highest BCUT2D eigenvalue weighted by molar-refractivity contribution is 6.49. The zero-order valence-corrected chi connectivity index (χ0v) is 84.8. The second-order valence-electron chi connectivity index (χ2n) is 33.8. The maximum atomic E-state index is 14.7. The molecular weight excluding hydrogens is 2030 g/mol. The number of amides is 3. The highest BCUT2D eigenvalue weighted by Crippen LogP contribution is 2.52. The summed E-state index contributed by atoms with van der Waals surface area (Å²) in [7, 11) is 0. The van der Waals surface area contributed by atoms with Gasteiger partial charge in [-0.15, -0.1) is 0 Å². The lowest BCUT2D eigenvalue weighted by atomic mass is 10.0. The van der Waals surface area contributed by atoms with E-state index in [1.807, 2.05) is 97.8 Å². The van der Waals surface area contributed by atoms with Gasteiger partial charge in [-0.05, 0) is 131 Å². The number of piperazine rings is 3. The number of nitrogen functional groups attached to an aromatic ring is 3. The maximum Gasteiger partial charge on any atom is 0.276 e. The Hall–Kier alpha value is -11.6. The van der Waals surface area contributed by atoms with Gasteiger partial charge in [-0.3, -0.25) is 57.4 Å². The van der Waals surface area contributed by atoms with E-state index in [4.69, 9.17) is 171 Å². The van der Waals surface area contributed by atoms with Crippen LogP contribution in [0.25, 0.3) is 83.9 Å². The summed E-state index contributed by atoms with van der Waals surface area (Å²) in [6, 6.07) is 15.4. The fourth-order valence-corrected chi connectivity index (χ4v) is 20.4. The largest absolute Gasteiger partial charge is 0.397 e. The minimum Gasteiger partial charge on any atom is -0.397 e. The number of hydrogen-bond donors (Lipinski definition) is 3. The molecule has 3 aliphatic heterocycles. The number of pyridine rings is 9. The normalized spacial score (nSPS) is 15.0. The summed E-state index contributed by atoms with van der Waals surface area (Å²) in [6.07, 6.45) is 8.69.